The van der Waals surface area contributed by atoms with E-state index in [4.69, 9.17) is 11.6 Å². The highest BCUT2D eigenvalue weighted by Crippen LogP contribution is 2.12. The zero-order chi connectivity index (χ0) is 16.9. The minimum Gasteiger partial charge on any atom is -0.337 e. The fraction of sp³-hybridized carbons (Fsp3) is 0.188. The lowest BCUT2D eigenvalue weighted by molar-refractivity contribution is 0.251. The van der Waals surface area contributed by atoms with Gasteiger partial charge in [0.2, 0.25) is 0 Å². The average Bonchev–Trinajstić information content (AvgIpc) is 3.17. The van der Waals surface area contributed by atoms with Crippen molar-refractivity contribution in [1.82, 2.24) is 24.6 Å². The molecule has 0 aliphatic heterocycles. The van der Waals surface area contributed by atoms with Gasteiger partial charge >= 0.3 is 6.03 Å². The molecular formula is C16H17ClN6O. The molecular weight excluding hydrogens is 328 g/mol. The summed E-state index contributed by atoms with van der Waals surface area (Å²) in [4.78, 5) is 16.1. The molecule has 2 amide bonds. The second-order valence-corrected chi connectivity index (χ2v) is 5.75. The smallest absolute Gasteiger partial charge is 0.319 e. The van der Waals surface area contributed by atoms with E-state index in [1.165, 1.54) is 0 Å². The van der Waals surface area contributed by atoms with Crippen LogP contribution < -0.4 is 10.6 Å². The minimum absolute atomic E-state index is 0.302. The lowest BCUT2D eigenvalue weighted by Crippen LogP contribution is -2.29. The SMILES string of the molecule is Cn1ccnc1CNC(=O)Nc1cnn(Cc2ccc(Cl)cc2)c1. The first-order valence-electron chi connectivity index (χ1n) is 7.38. The van der Waals surface area contributed by atoms with Crippen LogP contribution in [0.5, 0.6) is 0 Å². The monoisotopic (exact) mass is 344 g/mol. The van der Waals surface area contributed by atoms with Gasteiger partial charge in [-0.05, 0) is 17.7 Å². The van der Waals surface area contributed by atoms with E-state index < -0.39 is 0 Å². The first kappa shape index (κ1) is 16.1. The molecule has 0 radical (unpaired) electrons. The zero-order valence-corrected chi connectivity index (χ0v) is 13.9. The third-order valence-electron chi connectivity index (χ3n) is 3.48. The van der Waals surface area contributed by atoms with E-state index in [2.05, 4.69) is 20.7 Å². The van der Waals surface area contributed by atoms with E-state index in [-0.39, 0.29) is 6.03 Å². The number of nitrogens with zero attached hydrogens (tertiary/aromatic N) is 4. The van der Waals surface area contributed by atoms with E-state index >= 15 is 0 Å². The van der Waals surface area contributed by atoms with Gasteiger partial charge in [-0.15, -0.1) is 0 Å². The molecule has 0 atom stereocenters. The van der Waals surface area contributed by atoms with Gasteiger partial charge in [0.25, 0.3) is 0 Å². The molecule has 3 rings (SSSR count). The number of imidazole rings is 1. The average molecular weight is 345 g/mol. The van der Waals surface area contributed by atoms with Gasteiger partial charge in [-0.3, -0.25) is 4.68 Å². The second kappa shape index (κ2) is 7.18. The number of hydrogen-bond acceptors (Lipinski definition) is 3. The van der Waals surface area contributed by atoms with Crippen molar-refractivity contribution < 1.29 is 4.79 Å². The molecule has 0 aliphatic carbocycles. The zero-order valence-electron chi connectivity index (χ0n) is 13.1. The van der Waals surface area contributed by atoms with Gasteiger partial charge in [-0.25, -0.2) is 9.78 Å². The Bertz CT molecular complexity index is 823. The van der Waals surface area contributed by atoms with E-state index in [1.54, 1.807) is 23.3 Å². The van der Waals surface area contributed by atoms with E-state index in [0.29, 0.717) is 23.8 Å². The van der Waals surface area contributed by atoms with Crippen LogP contribution in [0.3, 0.4) is 0 Å². The Kier molecular flexibility index (Phi) is 4.81. The molecule has 0 fully saturated rings. The maximum Gasteiger partial charge on any atom is 0.319 e. The Morgan fingerprint density at radius 2 is 2.08 bits per heavy atom. The number of carbonyl (C=O) groups is 1. The number of anilines is 1. The number of carbonyl (C=O) groups excluding carboxylic acids is 1. The van der Waals surface area contributed by atoms with E-state index in [9.17, 15) is 4.79 Å². The molecule has 8 heteroatoms. The van der Waals surface area contributed by atoms with Crippen LogP contribution in [-0.4, -0.2) is 25.4 Å². The molecule has 124 valence electrons. The van der Waals surface area contributed by atoms with Gasteiger partial charge in [-0.1, -0.05) is 23.7 Å². The molecule has 0 saturated heterocycles. The van der Waals surface area contributed by atoms with Crippen molar-refractivity contribution in [2.75, 3.05) is 5.32 Å². The lowest BCUT2D eigenvalue weighted by Gasteiger charge is -2.06. The van der Waals surface area contributed by atoms with Crippen LogP contribution in [0.4, 0.5) is 10.5 Å². The highest BCUT2D eigenvalue weighted by Gasteiger charge is 2.06. The van der Waals surface area contributed by atoms with Gasteiger partial charge in [0.15, 0.2) is 0 Å². The summed E-state index contributed by atoms with van der Waals surface area (Å²) < 4.78 is 3.60. The minimum atomic E-state index is -0.302. The summed E-state index contributed by atoms with van der Waals surface area (Å²) in [6.45, 7) is 0.960. The van der Waals surface area contributed by atoms with Crippen LogP contribution in [0.15, 0.2) is 49.1 Å². The predicted octanol–water partition coefficient (Wildman–Crippen LogP) is 2.64. The normalized spacial score (nSPS) is 10.6. The fourth-order valence-electron chi connectivity index (χ4n) is 2.19. The number of hydrogen-bond donors (Lipinski definition) is 2. The molecule has 3 aromatic rings. The molecule has 0 unspecified atom stereocenters. The first-order chi connectivity index (χ1) is 11.6. The summed E-state index contributed by atoms with van der Waals surface area (Å²) >= 11 is 5.87. The summed E-state index contributed by atoms with van der Waals surface area (Å²) in [7, 11) is 1.88. The molecule has 0 bridgehead atoms. The highest BCUT2D eigenvalue weighted by atomic mass is 35.5. The number of rotatable bonds is 5. The van der Waals surface area contributed by atoms with Gasteiger partial charge in [0, 0.05) is 30.7 Å². The molecule has 2 aromatic heterocycles. The van der Waals surface area contributed by atoms with E-state index in [1.807, 2.05) is 42.1 Å². The van der Waals surface area contributed by atoms with E-state index in [0.717, 1.165) is 11.4 Å². The molecule has 1 aromatic carbocycles. The Morgan fingerprint density at radius 3 is 2.79 bits per heavy atom. The van der Waals surface area contributed by atoms with Crippen molar-refractivity contribution in [1.29, 1.82) is 0 Å². The van der Waals surface area contributed by atoms with Crippen molar-refractivity contribution in [3.8, 4) is 0 Å². The van der Waals surface area contributed by atoms with Crippen LogP contribution in [0.2, 0.25) is 5.02 Å². The molecule has 7 nitrogen and oxygen atoms in total. The van der Waals surface area contributed by atoms with Gasteiger partial charge in [-0.2, -0.15) is 5.10 Å². The third kappa shape index (κ3) is 4.14. The summed E-state index contributed by atoms with van der Waals surface area (Å²) in [6, 6.07) is 7.26. The van der Waals surface area contributed by atoms with Crippen molar-refractivity contribution in [2.45, 2.75) is 13.1 Å². The largest absolute Gasteiger partial charge is 0.337 e. The Labute approximate surface area is 144 Å². The first-order valence-corrected chi connectivity index (χ1v) is 7.76. The quantitative estimate of drug-likeness (QED) is 0.747. The van der Waals surface area contributed by atoms with Crippen LogP contribution in [-0.2, 0) is 20.1 Å². The molecule has 2 heterocycles. The number of amides is 2. The van der Waals surface area contributed by atoms with Crippen LogP contribution in [0.25, 0.3) is 0 Å². The van der Waals surface area contributed by atoms with Crippen LogP contribution in [0, 0.1) is 0 Å². The molecule has 0 aliphatic rings. The third-order valence-corrected chi connectivity index (χ3v) is 3.73. The fourth-order valence-corrected chi connectivity index (χ4v) is 2.32. The Hall–Kier alpha value is -2.80. The van der Waals surface area contributed by atoms with Crippen LogP contribution >= 0.6 is 11.6 Å². The van der Waals surface area contributed by atoms with Crippen molar-refractivity contribution >= 4 is 23.3 Å². The highest BCUT2D eigenvalue weighted by molar-refractivity contribution is 6.30. The number of urea groups is 1. The van der Waals surface area contributed by atoms with Gasteiger partial charge in [0.1, 0.15) is 5.82 Å². The number of halogens is 1. The maximum absolute atomic E-state index is 11.9. The van der Waals surface area contributed by atoms with Gasteiger partial charge < -0.3 is 15.2 Å². The number of nitrogens with one attached hydrogen (secondary N) is 2. The lowest BCUT2D eigenvalue weighted by atomic mass is 10.2. The number of aromatic nitrogens is 4. The maximum atomic E-state index is 11.9. The number of benzene rings is 1. The van der Waals surface area contributed by atoms with Crippen molar-refractivity contribution in [2.24, 2.45) is 7.05 Å². The van der Waals surface area contributed by atoms with Gasteiger partial charge in [0.05, 0.1) is 25.0 Å². The molecule has 24 heavy (non-hydrogen) atoms. The van der Waals surface area contributed by atoms with Crippen molar-refractivity contribution in [3.05, 3.63) is 65.5 Å². The Morgan fingerprint density at radius 1 is 1.29 bits per heavy atom. The summed E-state index contributed by atoms with van der Waals surface area (Å²) in [6.07, 6.45) is 6.90. The van der Waals surface area contributed by atoms with Crippen molar-refractivity contribution in [3.63, 3.8) is 0 Å². The molecule has 0 spiro atoms. The molecule has 2 N–H and O–H groups in total. The molecule has 0 saturated carbocycles. The summed E-state index contributed by atoms with van der Waals surface area (Å²) in [5, 5.41) is 10.4. The predicted molar refractivity (Wildman–Crippen MR) is 91.8 cm³/mol. The van der Waals surface area contributed by atoms with Crippen LogP contribution in [0.1, 0.15) is 11.4 Å². The second-order valence-electron chi connectivity index (χ2n) is 5.32. The topological polar surface area (TPSA) is 76.8 Å². The summed E-state index contributed by atoms with van der Waals surface area (Å²) in [5.74, 6) is 0.781. The standard InChI is InChI=1S/C16H17ClN6O/c1-22-7-6-18-15(22)9-19-16(24)21-14-8-20-23(11-14)10-12-2-4-13(17)5-3-12/h2-8,11H,9-10H2,1H3,(H2,19,21,24). The number of aryl methyl sites for hydroxylation is 1. The summed E-state index contributed by atoms with van der Waals surface area (Å²) in [5.41, 5.74) is 1.70. The Balaban J connectivity index is 1.52.